The summed E-state index contributed by atoms with van der Waals surface area (Å²) in [6.07, 6.45) is 0. The second-order valence-corrected chi connectivity index (χ2v) is 10.1. The van der Waals surface area contributed by atoms with Crippen LogP contribution in [-0.2, 0) is 0 Å². The fraction of sp³-hybridized carbons (Fsp3) is 0. The maximum Gasteiger partial charge on any atom is 0.159 e. The van der Waals surface area contributed by atoms with Crippen molar-refractivity contribution < 1.29 is 8.83 Å². The van der Waals surface area contributed by atoms with Crippen molar-refractivity contribution in [3.63, 3.8) is 0 Å². The van der Waals surface area contributed by atoms with Crippen molar-refractivity contribution >= 4 is 65.7 Å². The Hall–Kier alpha value is -5.28. The molecule has 0 saturated carbocycles. The number of para-hydroxylation sites is 4. The average Bonchev–Trinajstić information content (AvgIpc) is 3.66. The molecule has 0 spiro atoms. The highest BCUT2D eigenvalue weighted by Crippen LogP contribution is 2.39. The van der Waals surface area contributed by atoms with E-state index in [-0.39, 0.29) is 0 Å². The van der Waals surface area contributed by atoms with Crippen molar-refractivity contribution in [3.8, 4) is 16.8 Å². The number of benzene rings is 6. The van der Waals surface area contributed by atoms with Gasteiger partial charge in [-0.15, -0.1) is 0 Å². The molecule has 182 valence electrons. The Balaban J connectivity index is 1.27. The number of hydrogen-bond acceptors (Lipinski definition) is 2. The first-order valence-corrected chi connectivity index (χ1v) is 13.2. The van der Waals surface area contributed by atoms with E-state index in [4.69, 9.17) is 8.83 Å². The number of rotatable bonds is 2. The molecule has 0 saturated heterocycles. The predicted octanol–water partition coefficient (Wildman–Crippen LogP) is 10.2. The predicted molar refractivity (Wildman–Crippen MR) is 161 cm³/mol. The van der Waals surface area contributed by atoms with Crippen LogP contribution in [0.5, 0.6) is 0 Å². The van der Waals surface area contributed by atoms with Gasteiger partial charge in [0.05, 0.1) is 16.7 Å². The third-order valence-corrected chi connectivity index (χ3v) is 8.01. The minimum Gasteiger partial charge on any atom is -0.456 e. The van der Waals surface area contributed by atoms with E-state index in [0.29, 0.717) is 0 Å². The highest BCUT2D eigenvalue weighted by Gasteiger charge is 2.17. The summed E-state index contributed by atoms with van der Waals surface area (Å²) >= 11 is 0. The Morgan fingerprint density at radius 3 is 1.82 bits per heavy atom. The summed E-state index contributed by atoms with van der Waals surface area (Å²) in [6, 6.07) is 44.7. The van der Waals surface area contributed by atoms with Gasteiger partial charge in [0.25, 0.3) is 0 Å². The van der Waals surface area contributed by atoms with Gasteiger partial charge in [0.1, 0.15) is 16.7 Å². The smallest absolute Gasteiger partial charge is 0.159 e. The molecule has 0 unspecified atom stereocenters. The first-order valence-electron chi connectivity index (χ1n) is 13.2. The molecule has 39 heavy (non-hydrogen) atoms. The zero-order valence-electron chi connectivity index (χ0n) is 20.9. The van der Waals surface area contributed by atoms with Crippen LogP contribution in [0, 0.1) is 0 Å². The maximum atomic E-state index is 6.67. The van der Waals surface area contributed by atoms with Crippen LogP contribution in [-0.4, -0.2) is 4.57 Å². The monoisotopic (exact) mass is 499 g/mol. The van der Waals surface area contributed by atoms with Crippen LogP contribution in [0.4, 0.5) is 0 Å². The van der Waals surface area contributed by atoms with E-state index < -0.39 is 0 Å². The van der Waals surface area contributed by atoms with Crippen LogP contribution in [0.1, 0.15) is 0 Å². The lowest BCUT2D eigenvalue weighted by Crippen LogP contribution is -1.93. The molecule has 0 fully saturated rings. The summed E-state index contributed by atoms with van der Waals surface area (Å²) in [5.74, 6) is 0. The Morgan fingerprint density at radius 1 is 0.385 bits per heavy atom. The fourth-order valence-corrected chi connectivity index (χ4v) is 6.23. The molecule has 3 heterocycles. The van der Waals surface area contributed by atoms with Crippen molar-refractivity contribution in [3.05, 3.63) is 127 Å². The lowest BCUT2D eigenvalue weighted by atomic mass is 10.0. The molecule has 6 aromatic carbocycles. The summed E-state index contributed by atoms with van der Waals surface area (Å²) < 4.78 is 15.0. The third-order valence-electron chi connectivity index (χ3n) is 8.01. The van der Waals surface area contributed by atoms with Crippen molar-refractivity contribution in [1.29, 1.82) is 0 Å². The van der Waals surface area contributed by atoms with Gasteiger partial charge >= 0.3 is 0 Å². The van der Waals surface area contributed by atoms with Crippen LogP contribution >= 0.6 is 0 Å². The summed E-state index contributed by atoms with van der Waals surface area (Å²) in [5.41, 5.74) is 9.25. The number of fused-ring (bicyclic) bond motifs is 9. The molecule has 0 radical (unpaired) electrons. The molecule has 0 aliphatic carbocycles. The molecular weight excluding hydrogens is 478 g/mol. The molecule has 0 aliphatic heterocycles. The van der Waals surface area contributed by atoms with Crippen LogP contribution < -0.4 is 0 Å². The Bertz CT molecular complexity index is 2350. The van der Waals surface area contributed by atoms with Gasteiger partial charge < -0.3 is 13.4 Å². The molecule has 3 heteroatoms. The number of furan rings is 2. The van der Waals surface area contributed by atoms with E-state index in [1.165, 1.54) is 21.8 Å². The molecule has 3 nitrogen and oxygen atoms in total. The van der Waals surface area contributed by atoms with Gasteiger partial charge in [0.2, 0.25) is 0 Å². The minimum absolute atomic E-state index is 0.882. The van der Waals surface area contributed by atoms with Gasteiger partial charge in [-0.25, -0.2) is 0 Å². The summed E-state index contributed by atoms with van der Waals surface area (Å²) in [5, 5.41) is 6.98. The first-order chi connectivity index (χ1) is 19.3. The van der Waals surface area contributed by atoms with Gasteiger partial charge in [0.15, 0.2) is 5.58 Å². The second kappa shape index (κ2) is 7.62. The molecule has 0 atom stereocenters. The lowest BCUT2D eigenvalue weighted by molar-refractivity contribution is 0.666. The Kier molecular flexibility index (Phi) is 4.05. The second-order valence-electron chi connectivity index (χ2n) is 10.1. The number of nitrogens with zero attached hydrogens (tertiary/aromatic N) is 1. The van der Waals surface area contributed by atoms with Gasteiger partial charge in [-0.05, 0) is 59.7 Å². The molecular formula is C36H21NO2. The third kappa shape index (κ3) is 2.87. The highest BCUT2D eigenvalue weighted by atomic mass is 16.3. The molecule has 0 N–H and O–H groups in total. The molecule has 0 aliphatic rings. The maximum absolute atomic E-state index is 6.67. The van der Waals surface area contributed by atoms with Crippen molar-refractivity contribution in [2.45, 2.75) is 0 Å². The van der Waals surface area contributed by atoms with Crippen LogP contribution in [0.15, 0.2) is 136 Å². The molecule has 0 amide bonds. The van der Waals surface area contributed by atoms with E-state index in [9.17, 15) is 0 Å². The normalized spacial score (nSPS) is 12.1. The van der Waals surface area contributed by atoms with Crippen LogP contribution in [0.2, 0.25) is 0 Å². The average molecular weight is 500 g/mol. The first kappa shape index (κ1) is 20.7. The summed E-state index contributed by atoms with van der Waals surface area (Å²) in [4.78, 5) is 0. The summed E-state index contributed by atoms with van der Waals surface area (Å²) in [6.45, 7) is 0. The Morgan fingerprint density at radius 2 is 1.00 bits per heavy atom. The molecule has 3 aromatic heterocycles. The van der Waals surface area contributed by atoms with Gasteiger partial charge in [0, 0.05) is 32.3 Å². The van der Waals surface area contributed by atoms with Crippen LogP contribution in [0.3, 0.4) is 0 Å². The molecule has 0 bridgehead atoms. The topological polar surface area (TPSA) is 31.2 Å². The van der Waals surface area contributed by atoms with Gasteiger partial charge in [-0.2, -0.15) is 0 Å². The Labute approximate surface area is 223 Å². The van der Waals surface area contributed by atoms with E-state index in [2.05, 4.69) is 120 Å². The van der Waals surface area contributed by atoms with E-state index in [1.54, 1.807) is 0 Å². The van der Waals surface area contributed by atoms with E-state index in [0.717, 1.165) is 60.7 Å². The zero-order chi connectivity index (χ0) is 25.5. The number of aromatic nitrogens is 1. The molecule has 9 aromatic rings. The summed E-state index contributed by atoms with van der Waals surface area (Å²) in [7, 11) is 0. The van der Waals surface area contributed by atoms with E-state index in [1.807, 2.05) is 12.1 Å². The van der Waals surface area contributed by atoms with Crippen molar-refractivity contribution in [2.75, 3.05) is 0 Å². The van der Waals surface area contributed by atoms with Crippen LogP contribution in [0.25, 0.3) is 82.5 Å². The fourth-order valence-electron chi connectivity index (χ4n) is 6.23. The zero-order valence-corrected chi connectivity index (χ0v) is 20.9. The quantitative estimate of drug-likeness (QED) is 0.237. The van der Waals surface area contributed by atoms with Crippen molar-refractivity contribution in [2.24, 2.45) is 0 Å². The van der Waals surface area contributed by atoms with Gasteiger partial charge in [-0.1, -0.05) is 78.9 Å². The minimum atomic E-state index is 0.882. The lowest BCUT2D eigenvalue weighted by Gasteiger charge is -2.08. The van der Waals surface area contributed by atoms with Crippen molar-refractivity contribution in [1.82, 2.24) is 4.57 Å². The standard InChI is InChI=1S/C36H21NO2/c1-4-12-30-24(8-1)25-9-2-5-13-31(25)37(30)32-14-7-11-28-27-18-16-23(21-35(27)39-36(28)32)22-17-19-34-29(20-22)26-10-3-6-15-33(26)38-34/h1-21H. The molecule has 9 rings (SSSR count). The SMILES string of the molecule is c1ccc2c(c1)oc1ccc(-c3ccc4c(c3)oc3c(-n5c6ccccc6c6ccccc65)cccc34)cc12. The van der Waals surface area contributed by atoms with E-state index >= 15 is 0 Å². The number of hydrogen-bond donors (Lipinski definition) is 0. The highest BCUT2D eigenvalue weighted by molar-refractivity contribution is 6.13. The van der Waals surface area contributed by atoms with Gasteiger partial charge in [-0.3, -0.25) is 0 Å². The largest absolute Gasteiger partial charge is 0.456 e.